The van der Waals surface area contributed by atoms with Gasteiger partial charge in [-0.3, -0.25) is 14.5 Å². The van der Waals surface area contributed by atoms with Crippen LogP contribution in [-0.2, 0) is 9.47 Å². The Morgan fingerprint density at radius 1 is 1.09 bits per heavy atom. The molecule has 1 fully saturated rings. The summed E-state index contributed by atoms with van der Waals surface area (Å²) in [5, 5.41) is 0. The predicted octanol–water partition coefficient (Wildman–Crippen LogP) is 1.80. The molecule has 0 unspecified atom stereocenters. The lowest BCUT2D eigenvalue weighted by Crippen LogP contribution is -2.30. The maximum absolute atomic E-state index is 12.3. The van der Waals surface area contributed by atoms with Crippen molar-refractivity contribution in [1.82, 2.24) is 4.90 Å². The Bertz CT molecular complexity index is 582. The van der Waals surface area contributed by atoms with Crippen LogP contribution in [0.4, 0.5) is 5.69 Å². The Labute approximate surface area is 129 Å². The average Bonchev–Trinajstić information content (AvgIpc) is 3.10. The third-order valence-electron chi connectivity index (χ3n) is 4.04. The van der Waals surface area contributed by atoms with Crippen LogP contribution in [0, 0.1) is 0 Å². The lowest BCUT2D eigenvalue weighted by atomic mass is 10.1. The zero-order valence-corrected chi connectivity index (χ0v) is 12.4. The molecule has 0 saturated carbocycles. The highest BCUT2D eigenvalue weighted by atomic mass is 16.7. The molecule has 0 aromatic heterocycles. The van der Waals surface area contributed by atoms with Gasteiger partial charge in [-0.15, -0.1) is 0 Å². The first-order valence-electron chi connectivity index (χ1n) is 7.66. The standard InChI is InChI=1S/C16H20N2O4/c17-12-6-4-5-11-14(12)16(20)18(15(11)19)8-3-1-2-7-13-21-9-10-22-13/h4-6,13H,1-3,7-10,17H2. The van der Waals surface area contributed by atoms with Gasteiger partial charge in [0.2, 0.25) is 0 Å². The Morgan fingerprint density at radius 2 is 1.86 bits per heavy atom. The van der Waals surface area contributed by atoms with E-state index in [9.17, 15) is 9.59 Å². The van der Waals surface area contributed by atoms with Crippen molar-refractivity contribution in [3.63, 3.8) is 0 Å². The number of unbranched alkanes of at least 4 members (excludes halogenated alkanes) is 2. The second-order valence-electron chi connectivity index (χ2n) is 5.55. The molecule has 2 aliphatic heterocycles. The van der Waals surface area contributed by atoms with Crippen molar-refractivity contribution in [1.29, 1.82) is 0 Å². The van der Waals surface area contributed by atoms with Gasteiger partial charge in [0.05, 0.1) is 24.3 Å². The molecule has 0 atom stereocenters. The topological polar surface area (TPSA) is 81.9 Å². The Hall–Kier alpha value is -1.92. The van der Waals surface area contributed by atoms with Crippen LogP contribution in [0.25, 0.3) is 0 Å². The number of fused-ring (bicyclic) bond motifs is 1. The second kappa shape index (κ2) is 6.46. The zero-order valence-electron chi connectivity index (χ0n) is 12.4. The number of imide groups is 1. The normalized spacial score (nSPS) is 18.3. The lowest BCUT2D eigenvalue weighted by molar-refractivity contribution is -0.0480. The summed E-state index contributed by atoms with van der Waals surface area (Å²) in [6.45, 7) is 1.76. The number of carbonyl (C=O) groups excluding carboxylic acids is 2. The van der Waals surface area contributed by atoms with Crippen molar-refractivity contribution < 1.29 is 19.1 Å². The van der Waals surface area contributed by atoms with Crippen LogP contribution in [0.15, 0.2) is 18.2 Å². The minimum Gasteiger partial charge on any atom is -0.398 e. The number of nitrogens with zero attached hydrogens (tertiary/aromatic N) is 1. The molecule has 1 saturated heterocycles. The van der Waals surface area contributed by atoms with E-state index in [0.717, 1.165) is 25.7 Å². The minimum atomic E-state index is -0.277. The number of hydrogen-bond acceptors (Lipinski definition) is 5. The highest BCUT2D eigenvalue weighted by molar-refractivity contribution is 6.23. The number of rotatable bonds is 6. The van der Waals surface area contributed by atoms with E-state index in [0.29, 0.717) is 36.6 Å². The predicted molar refractivity (Wildman–Crippen MR) is 80.4 cm³/mol. The fourth-order valence-corrected chi connectivity index (χ4v) is 2.89. The molecule has 2 aliphatic rings. The van der Waals surface area contributed by atoms with E-state index in [4.69, 9.17) is 15.2 Å². The molecule has 1 aromatic rings. The number of carbonyl (C=O) groups is 2. The van der Waals surface area contributed by atoms with Crippen LogP contribution in [-0.4, -0.2) is 42.8 Å². The molecule has 2 heterocycles. The van der Waals surface area contributed by atoms with E-state index in [2.05, 4.69) is 0 Å². The largest absolute Gasteiger partial charge is 0.398 e. The molecular formula is C16H20N2O4. The summed E-state index contributed by atoms with van der Waals surface area (Å²) in [4.78, 5) is 25.8. The SMILES string of the molecule is Nc1cccc2c1C(=O)N(CCCCCC1OCCO1)C2=O. The molecular weight excluding hydrogens is 284 g/mol. The fourth-order valence-electron chi connectivity index (χ4n) is 2.89. The van der Waals surface area contributed by atoms with Crippen LogP contribution in [0.1, 0.15) is 46.4 Å². The van der Waals surface area contributed by atoms with Crippen molar-refractivity contribution in [3.05, 3.63) is 29.3 Å². The summed E-state index contributed by atoms with van der Waals surface area (Å²) in [5.41, 5.74) is 6.94. The van der Waals surface area contributed by atoms with Crippen LogP contribution in [0.2, 0.25) is 0 Å². The van der Waals surface area contributed by atoms with Gasteiger partial charge >= 0.3 is 0 Å². The Balaban J connectivity index is 1.48. The number of anilines is 1. The summed E-state index contributed by atoms with van der Waals surface area (Å²) >= 11 is 0. The first-order chi connectivity index (χ1) is 10.7. The number of ether oxygens (including phenoxy) is 2. The molecule has 0 aliphatic carbocycles. The summed E-state index contributed by atoms with van der Waals surface area (Å²) in [6, 6.07) is 5.00. The number of benzene rings is 1. The third kappa shape index (κ3) is 2.84. The number of hydrogen-bond donors (Lipinski definition) is 1. The van der Waals surface area contributed by atoms with Gasteiger partial charge in [0.1, 0.15) is 0 Å². The number of amides is 2. The van der Waals surface area contributed by atoms with Crippen LogP contribution < -0.4 is 5.73 Å². The second-order valence-corrected chi connectivity index (χ2v) is 5.55. The highest BCUT2D eigenvalue weighted by Crippen LogP contribution is 2.27. The summed E-state index contributed by atoms with van der Waals surface area (Å²) in [6.07, 6.45) is 3.43. The van der Waals surface area contributed by atoms with Gasteiger partial charge in [0, 0.05) is 12.2 Å². The van der Waals surface area contributed by atoms with E-state index in [1.54, 1.807) is 18.2 Å². The molecule has 118 valence electrons. The molecule has 22 heavy (non-hydrogen) atoms. The molecule has 1 aromatic carbocycles. The van der Waals surface area contributed by atoms with E-state index in [1.807, 2.05) is 0 Å². The summed E-state index contributed by atoms with van der Waals surface area (Å²) in [7, 11) is 0. The maximum Gasteiger partial charge on any atom is 0.263 e. The van der Waals surface area contributed by atoms with Crippen LogP contribution in [0.5, 0.6) is 0 Å². The summed E-state index contributed by atoms with van der Waals surface area (Å²) < 4.78 is 10.7. The summed E-state index contributed by atoms with van der Waals surface area (Å²) in [5.74, 6) is -0.518. The zero-order chi connectivity index (χ0) is 15.5. The number of nitrogen functional groups attached to an aromatic ring is 1. The Morgan fingerprint density at radius 3 is 2.59 bits per heavy atom. The van der Waals surface area contributed by atoms with Gasteiger partial charge in [-0.1, -0.05) is 12.5 Å². The van der Waals surface area contributed by atoms with Crippen molar-refractivity contribution in [2.24, 2.45) is 0 Å². The molecule has 0 spiro atoms. The van der Waals surface area contributed by atoms with E-state index < -0.39 is 0 Å². The van der Waals surface area contributed by atoms with Crippen molar-refractivity contribution in [2.45, 2.75) is 32.0 Å². The molecule has 2 amide bonds. The van der Waals surface area contributed by atoms with Crippen molar-refractivity contribution >= 4 is 17.5 Å². The van der Waals surface area contributed by atoms with E-state index >= 15 is 0 Å². The quantitative estimate of drug-likeness (QED) is 0.492. The first-order valence-corrected chi connectivity index (χ1v) is 7.66. The average molecular weight is 304 g/mol. The molecule has 3 rings (SSSR count). The minimum absolute atomic E-state index is 0.0842. The molecule has 0 radical (unpaired) electrons. The maximum atomic E-state index is 12.3. The van der Waals surface area contributed by atoms with Gasteiger partial charge in [-0.25, -0.2) is 0 Å². The third-order valence-corrected chi connectivity index (χ3v) is 4.04. The van der Waals surface area contributed by atoms with Gasteiger partial charge in [0.15, 0.2) is 6.29 Å². The monoisotopic (exact) mass is 304 g/mol. The van der Waals surface area contributed by atoms with Crippen molar-refractivity contribution in [2.75, 3.05) is 25.5 Å². The van der Waals surface area contributed by atoms with Gasteiger partial charge in [-0.2, -0.15) is 0 Å². The molecule has 6 heteroatoms. The van der Waals surface area contributed by atoms with Gasteiger partial charge in [0.25, 0.3) is 11.8 Å². The smallest absolute Gasteiger partial charge is 0.263 e. The number of nitrogens with two attached hydrogens (primary N) is 1. The molecule has 0 bridgehead atoms. The first kappa shape index (κ1) is 15.0. The highest BCUT2D eigenvalue weighted by Gasteiger charge is 2.36. The van der Waals surface area contributed by atoms with Crippen molar-refractivity contribution in [3.8, 4) is 0 Å². The molecule has 2 N–H and O–H groups in total. The van der Waals surface area contributed by atoms with Crippen LogP contribution in [0.3, 0.4) is 0 Å². The van der Waals surface area contributed by atoms with Gasteiger partial charge in [-0.05, 0) is 31.4 Å². The Kier molecular flexibility index (Phi) is 4.40. The fraction of sp³-hybridized carbons (Fsp3) is 0.500. The van der Waals surface area contributed by atoms with Gasteiger partial charge < -0.3 is 15.2 Å². The van der Waals surface area contributed by atoms with E-state index in [-0.39, 0.29) is 18.1 Å². The van der Waals surface area contributed by atoms with E-state index in [1.165, 1.54) is 4.90 Å². The lowest BCUT2D eigenvalue weighted by Gasteiger charge is -2.14. The molecule has 6 nitrogen and oxygen atoms in total. The van der Waals surface area contributed by atoms with Crippen LogP contribution >= 0.6 is 0 Å².